The summed E-state index contributed by atoms with van der Waals surface area (Å²) in [7, 11) is 0. The quantitative estimate of drug-likeness (QED) is 0.381. The number of carbonyl (C=O) groups excluding carboxylic acids is 5. The molecule has 0 radical (unpaired) electrons. The van der Waals surface area contributed by atoms with Crippen LogP contribution >= 0.6 is 0 Å². The summed E-state index contributed by atoms with van der Waals surface area (Å²) in [6.07, 6.45) is 13.6. The van der Waals surface area contributed by atoms with Gasteiger partial charge in [-0.2, -0.15) is 0 Å². The molecular formula is C31H51N5O5. The van der Waals surface area contributed by atoms with E-state index >= 15 is 0 Å². The number of hydrogen-bond acceptors (Lipinski definition) is 5. The molecular weight excluding hydrogens is 522 g/mol. The summed E-state index contributed by atoms with van der Waals surface area (Å²) in [6.45, 7) is 6.69. The summed E-state index contributed by atoms with van der Waals surface area (Å²) < 4.78 is 0. The zero-order chi connectivity index (χ0) is 29.8. The lowest BCUT2D eigenvalue weighted by atomic mass is 9.83. The number of carbonyl (C=O) groups is 5. The zero-order valence-electron chi connectivity index (χ0n) is 25.3. The second-order valence-electron chi connectivity index (χ2n) is 13.9. The third-order valence-electron chi connectivity index (χ3n) is 10.3. The summed E-state index contributed by atoms with van der Waals surface area (Å²) in [6, 6.07) is -2.83. The van der Waals surface area contributed by atoms with Crippen molar-refractivity contribution in [2.24, 2.45) is 23.0 Å². The summed E-state index contributed by atoms with van der Waals surface area (Å²) in [5, 5.41) is 8.93. The van der Waals surface area contributed by atoms with E-state index in [4.69, 9.17) is 5.73 Å². The van der Waals surface area contributed by atoms with Gasteiger partial charge in [-0.15, -0.1) is 0 Å². The van der Waals surface area contributed by atoms with Gasteiger partial charge in [0, 0.05) is 12.1 Å². The predicted octanol–water partition coefficient (Wildman–Crippen LogP) is 3.31. The molecule has 5 amide bonds. The fourth-order valence-electron chi connectivity index (χ4n) is 7.65. The largest absolute Gasteiger partial charge is 0.363 e. The van der Waals surface area contributed by atoms with E-state index < -0.39 is 35.7 Å². The molecule has 0 aromatic carbocycles. The Hall–Kier alpha value is -2.65. The molecule has 0 aromatic rings. The van der Waals surface area contributed by atoms with Crippen molar-refractivity contribution in [3.63, 3.8) is 0 Å². The topological polar surface area (TPSA) is 151 Å². The minimum atomic E-state index is -1.06. The molecule has 41 heavy (non-hydrogen) atoms. The number of primary amides is 1. The number of hydrogen-bond donors (Lipinski definition) is 4. The number of nitrogens with two attached hydrogens (primary N) is 1. The van der Waals surface area contributed by atoms with Crippen LogP contribution in [0.4, 0.5) is 4.79 Å². The van der Waals surface area contributed by atoms with E-state index in [1.54, 1.807) is 4.90 Å². The molecule has 2 aliphatic heterocycles. The highest BCUT2D eigenvalue weighted by Crippen LogP contribution is 2.65. The maximum Gasteiger partial charge on any atom is 0.315 e. The summed E-state index contributed by atoms with van der Waals surface area (Å²) in [5.74, 6) is -2.42. The summed E-state index contributed by atoms with van der Waals surface area (Å²) in [4.78, 5) is 67.1. The maximum atomic E-state index is 14.1. The molecule has 0 aromatic heterocycles. The SMILES string of the molecule is CC1(NC(=O)N[C@H]2CCCCCCCCCC[C@@H](C(=O)C(N)=O)NC(=O)[C@@H]3[C@@H]4[C@H](CN3C2=O)C4(C)C)CCCCC1. The Morgan fingerprint density at radius 1 is 0.854 bits per heavy atom. The number of nitrogens with zero attached hydrogens (tertiary/aromatic N) is 1. The van der Waals surface area contributed by atoms with E-state index in [1.165, 1.54) is 6.42 Å². The van der Waals surface area contributed by atoms with Gasteiger partial charge in [-0.05, 0) is 49.9 Å². The van der Waals surface area contributed by atoms with E-state index in [2.05, 4.69) is 36.7 Å². The number of nitrogens with one attached hydrogen (secondary N) is 3. The highest BCUT2D eigenvalue weighted by Gasteiger charge is 2.69. The van der Waals surface area contributed by atoms with Crippen molar-refractivity contribution < 1.29 is 24.0 Å². The van der Waals surface area contributed by atoms with Gasteiger partial charge in [-0.25, -0.2) is 4.79 Å². The van der Waals surface area contributed by atoms with Crippen LogP contribution in [0.5, 0.6) is 0 Å². The van der Waals surface area contributed by atoms with E-state index in [9.17, 15) is 24.0 Å². The third-order valence-corrected chi connectivity index (χ3v) is 10.3. The van der Waals surface area contributed by atoms with E-state index in [0.29, 0.717) is 25.8 Å². The lowest BCUT2D eigenvalue weighted by molar-refractivity contribution is -0.143. The zero-order valence-corrected chi connectivity index (χ0v) is 25.3. The number of piperidine rings is 1. The smallest absolute Gasteiger partial charge is 0.315 e. The van der Waals surface area contributed by atoms with Crippen molar-refractivity contribution in [1.29, 1.82) is 0 Å². The maximum absolute atomic E-state index is 14.1. The molecule has 10 nitrogen and oxygen atoms in total. The first kappa shape index (κ1) is 31.3. The van der Waals surface area contributed by atoms with Gasteiger partial charge in [0.25, 0.3) is 5.91 Å². The molecule has 2 heterocycles. The standard InChI is InChI=1S/C31H51N5O5/c1-30(2)20-19-36-24(23(20)30)27(39)33-21(25(37)26(32)38)15-11-8-6-4-5-7-9-12-16-22(28(36)40)34-29(41)35-31(3)17-13-10-14-18-31/h20-24H,4-19H2,1-3H3,(H2,32,38)(H,33,39)(H2,34,35,41)/t20-,21-,22-,23-,24-/m0/s1. The minimum absolute atomic E-state index is 0.0477. The molecule has 5 atom stereocenters. The lowest BCUT2D eigenvalue weighted by Gasteiger charge is -2.36. The number of amides is 5. The van der Waals surface area contributed by atoms with Gasteiger partial charge in [0.2, 0.25) is 17.6 Å². The molecule has 230 valence electrons. The fourth-order valence-corrected chi connectivity index (χ4v) is 7.65. The Bertz CT molecular complexity index is 1010. The third kappa shape index (κ3) is 7.41. The van der Waals surface area contributed by atoms with E-state index in [1.807, 2.05) is 0 Å². The van der Waals surface area contributed by atoms with Gasteiger partial charge in [0.15, 0.2) is 0 Å². The molecule has 2 saturated carbocycles. The van der Waals surface area contributed by atoms with Crippen LogP contribution in [0.15, 0.2) is 0 Å². The van der Waals surface area contributed by atoms with Crippen LogP contribution in [0.2, 0.25) is 0 Å². The highest BCUT2D eigenvalue weighted by molar-refractivity contribution is 6.37. The molecule has 0 unspecified atom stereocenters. The van der Waals surface area contributed by atoms with Gasteiger partial charge in [0.1, 0.15) is 12.1 Å². The van der Waals surface area contributed by atoms with Crippen LogP contribution in [0, 0.1) is 17.3 Å². The molecule has 2 saturated heterocycles. The van der Waals surface area contributed by atoms with E-state index in [0.717, 1.165) is 70.6 Å². The van der Waals surface area contributed by atoms with Crippen LogP contribution in [0.25, 0.3) is 0 Å². The average molecular weight is 574 g/mol. The Morgan fingerprint density at radius 2 is 1.41 bits per heavy atom. The van der Waals surface area contributed by atoms with Gasteiger partial charge < -0.3 is 26.6 Å². The molecule has 0 spiro atoms. The number of fused-ring (bicyclic) bond motifs is 3. The summed E-state index contributed by atoms with van der Waals surface area (Å²) in [5.41, 5.74) is 4.93. The van der Waals surface area contributed by atoms with Gasteiger partial charge in [-0.1, -0.05) is 84.5 Å². The summed E-state index contributed by atoms with van der Waals surface area (Å²) >= 11 is 0. The normalized spacial score (nSPS) is 32.5. The number of rotatable bonds is 4. The molecule has 5 N–H and O–H groups in total. The second-order valence-corrected chi connectivity index (χ2v) is 13.9. The van der Waals surface area contributed by atoms with Crippen LogP contribution in [-0.2, 0) is 19.2 Å². The Labute approximate surface area is 244 Å². The molecule has 0 bridgehead atoms. The Morgan fingerprint density at radius 3 is 2.02 bits per heavy atom. The monoisotopic (exact) mass is 573 g/mol. The van der Waals surface area contributed by atoms with Gasteiger partial charge in [-0.3, -0.25) is 19.2 Å². The molecule has 4 fully saturated rings. The first-order chi connectivity index (χ1) is 19.4. The Balaban J connectivity index is 1.55. The average Bonchev–Trinajstić information content (AvgIpc) is 3.22. The number of Topliss-reactive ketones (excluding diaryl/α,β-unsaturated/α-hetero) is 1. The highest BCUT2D eigenvalue weighted by atomic mass is 16.2. The van der Waals surface area contributed by atoms with E-state index in [-0.39, 0.29) is 34.7 Å². The van der Waals surface area contributed by atoms with Crippen molar-refractivity contribution >= 4 is 29.5 Å². The van der Waals surface area contributed by atoms with Crippen LogP contribution < -0.4 is 21.7 Å². The van der Waals surface area contributed by atoms with Gasteiger partial charge in [0.05, 0.1) is 6.04 Å². The Kier molecular flexibility index (Phi) is 10.0. The number of ketones is 1. The minimum Gasteiger partial charge on any atom is -0.363 e. The van der Waals surface area contributed by atoms with Crippen LogP contribution in [0.1, 0.15) is 117 Å². The molecule has 10 heteroatoms. The van der Waals surface area contributed by atoms with Crippen LogP contribution in [-0.4, -0.2) is 64.6 Å². The van der Waals surface area contributed by atoms with Gasteiger partial charge >= 0.3 is 6.03 Å². The first-order valence-corrected chi connectivity index (χ1v) is 16.0. The first-order valence-electron chi connectivity index (χ1n) is 16.0. The number of urea groups is 1. The van der Waals surface area contributed by atoms with Crippen molar-refractivity contribution in [3.8, 4) is 0 Å². The van der Waals surface area contributed by atoms with Crippen molar-refractivity contribution in [2.45, 2.75) is 141 Å². The molecule has 4 rings (SSSR count). The molecule has 2 aliphatic carbocycles. The van der Waals surface area contributed by atoms with Crippen molar-refractivity contribution in [2.75, 3.05) is 6.54 Å². The van der Waals surface area contributed by atoms with Crippen molar-refractivity contribution in [1.82, 2.24) is 20.9 Å². The molecule has 4 aliphatic rings. The lowest BCUT2D eigenvalue weighted by Crippen LogP contribution is -2.60. The second kappa shape index (κ2) is 13.1. The van der Waals surface area contributed by atoms with Crippen molar-refractivity contribution in [3.05, 3.63) is 0 Å². The predicted molar refractivity (Wildman–Crippen MR) is 156 cm³/mol. The fraction of sp³-hybridized carbons (Fsp3) is 0.839. The van der Waals surface area contributed by atoms with Crippen LogP contribution in [0.3, 0.4) is 0 Å².